The van der Waals surface area contributed by atoms with Crippen LogP contribution in [0.3, 0.4) is 0 Å². The van der Waals surface area contributed by atoms with Gasteiger partial charge in [-0.3, -0.25) is 14.9 Å². The molecule has 0 radical (unpaired) electrons. The van der Waals surface area contributed by atoms with Gasteiger partial charge in [-0.1, -0.05) is 48.0 Å². The SMILES string of the molecule is O=C(COc1ccc(Cl)cc1[N+](=O)[O-])N[C@@H](c1ccccc1)c1cccs1. The van der Waals surface area contributed by atoms with Crippen molar-refractivity contribution in [2.24, 2.45) is 0 Å². The first-order valence-electron chi connectivity index (χ1n) is 7.99. The fourth-order valence-electron chi connectivity index (χ4n) is 2.52. The van der Waals surface area contributed by atoms with Gasteiger partial charge in [-0.2, -0.15) is 0 Å². The zero-order chi connectivity index (χ0) is 19.2. The monoisotopic (exact) mass is 402 g/mol. The first kappa shape index (κ1) is 18.9. The topological polar surface area (TPSA) is 81.5 Å². The van der Waals surface area contributed by atoms with Crippen LogP contribution in [0.4, 0.5) is 5.69 Å². The Balaban J connectivity index is 1.72. The van der Waals surface area contributed by atoms with Crippen LogP contribution in [0.1, 0.15) is 16.5 Å². The zero-order valence-electron chi connectivity index (χ0n) is 14.0. The molecule has 1 atom stereocenters. The molecule has 0 aliphatic heterocycles. The second kappa shape index (κ2) is 8.66. The van der Waals surface area contributed by atoms with Crippen molar-refractivity contribution in [2.75, 3.05) is 6.61 Å². The molecular weight excluding hydrogens is 388 g/mol. The molecular formula is C19H15ClN2O4S. The Kier molecular flexibility index (Phi) is 6.05. The number of nitro groups is 1. The summed E-state index contributed by atoms with van der Waals surface area (Å²) >= 11 is 7.31. The summed E-state index contributed by atoms with van der Waals surface area (Å²) in [5.41, 5.74) is 0.652. The number of carbonyl (C=O) groups excluding carboxylic acids is 1. The number of thiophene rings is 1. The number of hydrogen-bond donors (Lipinski definition) is 1. The minimum Gasteiger partial charge on any atom is -0.477 e. The molecule has 0 saturated carbocycles. The van der Waals surface area contributed by atoms with Crippen molar-refractivity contribution in [1.82, 2.24) is 5.32 Å². The smallest absolute Gasteiger partial charge is 0.312 e. The number of nitro benzene ring substituents is 1. The lowest BCUT2D eigenvalue weighted by Crippen LogP contribution is -2.33. The van der Waals surface area contributed by atoms with E-state index in [2.05, 4.69) is 5.32 Å². The first-order valence-corrected chi connectivity index (χ1v) is 9.25. The maximum absolute atomic E-state index is 12.4. The van der Waals surface area contributed by atoms with Crippen molar-refractivity contribution in [3.63, 3.8) is 0 Å². The largest absolute Gasteiger partial charge is 0.477 e. The predicted octanol–water partition coefficient (Wildman–Crippen LogP) is 4.59. The minimum atomic E-state index is -0.600. The zero-order valence-corrected chi connectivity index (χ0v) is 15.6. The fraction of sp³-hybridized carbons (Fsp3) is 0.105. The number of nitrogens with one attached hydrogen (secondary N) is 1. The van der Waals surface area contributed by atoms with Crippen LogP contribution in [0.2, 0.25) is 5.02 Å². The highest BCUT2D eigenvalue weighted by atomic mass is 35.5. The van der Waals surface area contributed by atoms with E-state index in [1.807, 2.05) is 47.8 Å². The Morgan fingerprint density at radius 1 is 1.19 bits per heavy atom. The van der Waals surface area contributed by atoms with Gasteiger partial charge in [0.2, 0.25) is 0 Å². The summed E-state index contributed by atoms with van der Waals surface area (Å²) in [6, 6.07) is 17.1. The lowest BCUT2D eigenvalue weighted by atomic mass is 10.1. The van der Waals surface area contributed by atoms with Gasteiger partial charge in [0, 0.05) is 16.0 Å². The minimum absolute atomic E-state index is 0.00747. The summed E-state index contributed by atoms with van der Waals surface area (Å²) in [5.74, 6) is -0.395. The van der Waals surface area contributed by atoms with Crippen molar-refractivity contribution < 1.29 is 14.5 Å². The molecule has 1 N–H and O–H groups in total. The van der Waals surface area contributed by atoms with Crippen LogP contribution < -0.4 is 10.1 Å². The average molecular weight is 403 g/mol. The number of ether oxygens (including phenoxy) is 1. The van der Waals surface area contributed by atoms with Crippen LogP contribution in [-0.2, 0) is 4.79 Å². The van der Waals surface area contributed by atoms with Gasteiger partial charge < -0.3 is 10.1 Å². The van der Waals surface area contributed by atoms with E-state index in [0.717, 1.165) is 10.4 Å². The molecule has 0 bridgehead atoms. The molecule has 2 aromatic carbocycles. The molecule has 3 rings (SSSR count). The molecule has 0 aliphatic rings. The van der Waals surface area contributed by atoms with Gasteiger partial charge in [0.15, 0.2) is 12.4 Å². The number of hydrogen-bond acceptors (Lipinski definition) is 5. The Hall–Kier alpha value is -2.90. The van der Waals surface area contributed by atoms with Gasteiger partial charge in [0.25, 0.3) is 5.91 Å². The second-order valence-corrected chi connectivity index (χ2v) is 7.00. The van der Waals surface area contributed by atoms with Crippen LogP contribution in [-0.4, -0.2) is 17.4 Å². The van der Waals surface area contributed by atoms with Gasteiger partial charge in [-0.15, -0.1) is 11.3 Å². The normalized spacial score (nSPS) is 11.6. The van der Waals surface area contributed by atoms with E-state index in [0.29, 0.717) is 0 Å². The molecule has 1 aromatic heterocycles. The van der Waals surface area contributed by atoms with Gasteiger partial charge in [-0.25, -0.2) is 0 Å². The maximum Gasteiger partial charge on any atom is 0.312 e. The van der Waals surface area contributed by atoms with Crippen LogP contribution in [0.25, 0.3) is 0 Å². The highest BCUT2D eigenvalue weighted by Crippen LogP contribution is 2.30. The van der Waals surface area contributed by atoms with Crippen molar-refractivity contribution in [2.45, 2.75) is 6.04 Å². The molecule has 1 amide bonds. The molecule has 27 heavy (non-hydrogen) atoms. The van der Waals surface area contributed by atoms with E-state index in [-0.39, 0.29) is 35.0 Å². The lowest BCUT2D eigenvalue weighted by Gasteiger charge is -2.18. The third-order valence-corrected chi connectivity index (χ3v) is 4.91. The first-order chi connectivity index (χ1) is 13.0. The summed E-state index contributed by atoms with van der Waals surface area (Å²) in [6.45, 7) is -0.350. The average Bonchev–Trinajstić information content (AvgIpc) is 3.20. The van der Waals surface area contributed by atoms with E-state index in [1.54, 1.807) is 0 Å². The third kappa shape index (κ3) is 4.84. The summed E-state index contributed by atoms with van der Waals surface area (Å²) in [4.78, 5) is 23.9. The Morgan fingerprint density at radius 3 is 2.63 bits per heavy atom. The van der Waals surface area contributed by atoms with Gasteiger partial charge in [0.1, 0.15) is 0 Å². The number of amides is 1. The molecule has 0 saturated heterocycles. The third-order valence-electron chi connectivity index (χ3n) is 3.74. The quantitative estimate of drug-likeness (QED) is 0.462. The van der Waals surface area contributed by atoms with Crippen molar-refractivity contribution in [3.8, 4) is 5.75 Å². The molecule has 8 heteroatoms. The number of rotatable bonds is 7. The molecule has 0 aliphatic carbocycles. The summed E-state index contributed by atoms with van der Waals surface area (Å²) in [7, 11) is 0. The van der Waals surface area contributed by atoms with Crippen molar-refractivity contribution in [3.05, 3.63) is 91.6 Å². The Labute approximate surface area is 164 Å². The lowest BCUT2D eigenvalue weighted by molar-refractivity contribution is -0.385. The maximum atomic E-state index is 12.4. The van der Waals surface area contributed by atoms with E-state index in [4.69, 9.17) is 16.3 Å². The molecule has 6 nitrogen and oxygen atoms in total. The molecule has 1 heterocycles. The number of carbonyl (C=O) groups is 1. The molecule has 0 spiro atoms. The standard InChI is InChI=1S/C19H15ClN2O4S/c20-14-8-9-16(15(11-14)22(24)25)26-12-18(23)21-19(17-7-4-10-27-17)13-5-2-1-3-6-13/h1-11,19H,12H2,(H,21,23)/t19-/m0/s1. The molecule has 3 aromatic rings. The number of benzene rings is 2. The van der Waals surface area contributed by atoms with Gasteiger partial charge in [0.05, 0.1) is 11.0 Å². The van der Waals surface area contributed by atoms with Crippen molar-refractivity contribution in [1.29, 1.82) is 0 Å². The van der Waals surface area contributed by atoms with E-state index >= 15 is 0 Å². The number of halogens is 1. The van der Waals surface area contributed by atoms with Crippen molar-refractivity contribution >= 4 is 34.5 Å². The summed E-state index contributed by atoms with van der Waals surface area (Å²) < 4.78 is 5.36. The highest BCUT2D eigenvalue weighted by Gasteiger charge is 2.20. The van der Waals surface area contributed by atoms with Gasteiger partial charge in [-0.05, 0) is 29.1 Å². The van der Waals surface area contributed by atoms with Crippen LogP contribution in [0.5, 0.6) is 5.75 Å². The van der Waals surface area contributed by atoms with E-state index < -0.39 is 4.92 Å². The number of nitrogens with zero attached hydrogens (tertiary/aromatic N) is 1. The van der Waals surface area contributed by atoms with Crippen LogP contribution in [0.15, 0.2) is 66.0 Å². The summed E-state index contributed by atoms with van der Waals surface area (Å²) in [5, 5.41) is 16.2. The van der Waals surface area contributed by atoms with Crippen LogP contribution in [0, 0.1) is 10.1 Å². The van der Waals surface area contributed by atoms with Gasteiger partial charge >= 0.3 is 5.69 Å². The van der Waals surface area contributed by atoms with E-state index in [1.165, 1.54) is 29.5 Å². The second-order valence-electron chi connectivity index (χ2n) is 5.58. The van der Waals surface area contributed by atoms with E-state index in [9.17, 15) is 14.9 Å². The molecule has 0 fully saturated rings. The molecule has 0 unspecified atom stereocenters. The Bertz CT molecular complexity index is 932. The fourth-order valence-corrected chi connectivity index (χ4v) is 3.49. The summed E-state index contributed by atoms with van der Waals surface area (Å²) in [6.07, 6.45) is 0. The predicted molar refractivity (Wildman–Crippen MR) is 104 cm³/mol. The Morgan fingerprint density at radius 2 is 1.96 bits per heavy atom. The highest BCUT2D eigenvalue weighted by molar-refractivity contribution is 7.10. The van der Waals surface area contributed by atoms with Crippen LogP contribution >= 0.6 is 22.9 Å². The molecule has 138 valence electrons.